The molecular weight excluding hydrogens is 326 g/mol. The highest BCUT2D eigenvalue weighted by Crippen LogP contribution is 2.25. The number of amides is 1. The molecule has 3 heterocycles. The van der Waals surface area contributed by atoms with Gasteiger partial charge in [-0.25, -0.2) is 0 Å². The van der Waals surface area contributed by atoms with Gasteiger partial charge in [-0.3, -0.25) is 9.48 Å². The first-order valence-corrected chi connectivity index (χ1v) is 8.92. The van der Waals surface area contributed by atoms with Gasteiger partial charge in [-0.05, 0) is 37.5 Å². The lowest BCUT2D eigenvalue weighted by atomic mass is 10.2. The summed E-state index contributed by atoms with van der Waals surface area (Å²) in [5.41, 5.74) is 2.64. The van der Waals surface area contributed by atoms with E-state index < -0.39 is 0 Å². The maximum absolute atomic E-state index is 13.3. The summed E-state index contributed by atoms with van der Waals surface area (Å²) in [6.45, 7) is 3.64. The molecule has 0 spiro atoms. The summed E-state index contributed by atoms with van der Waals surface area (Å²) in [6.07, 6.45) is 5.82. The van der Waals surface area contributed by atoms with Crippen LogP contribution in [0.4, 0.5) is 0 Å². The predicted molar refractivity (Wildman–Crippen MR) is 98.6 cm³/mol. The van der Waals surface area contributed by atoms with E-state index in [9.17, 15) is 10.1 Å². The Morgan fingerprint density at radius 2 is 2.23 bits per heavy atom. The van der Waals surface area contributed by atoms with Crippen LogP contribution in [0.25, 0.3) is 10.9 Å². The Labute approximate surface area is 152 Å². The predicted octanol–water partition coefficient (Wildman–Crippen LogP) is 2.97. The van der Waals surface area contributed by atoms with Crippen LogP contribution in [0, 0.1) is 18.3 Å². The first-order chi connectivity index (χ1) is 12.7. The molecule has 6 nitrogen and oxygen atoms in total. The van der Waals surface area contributed by atoms with Crippen LogP contribution >= 0.6 is 0 Å². The minimum Gasteiger partial charge on any atom is -0.333 e. The molecule has 1 aliphatic heterocycles. The third-order valence-electron chi connectivity index (χ3n) is 5.06. The van der Waals surface area contributed by atoms with Gasteiger partial charge in [0.1, 0.15) is 12.2 Å². The number of aryl methyl sites for hydroxylation is 1. The molecule has 132 valence electrons. The van der Waals surface area contributed by atoms with Gasteiger partial charge in [0.15, 0.2) is 0 Å². The van der Waals surface area contributed by atoms with E-state index in [0.29, 0.717) is 12.2 Å². The van der Waals surface area contributed by atoms with E-state index in [1.165, 1.54) is 0 Å². The summed E-state index contributed by atoms with van der Waals surface area (Å²) in [4.78, 5) is 15.2. The van der Waals surface area contributed by atoms with Gasteiger partial charge < -0.3 is 9.47 Å². The fourth-order valence-corrected chi connectivity index (χ4v) is 3.85. The van der Waals surface area contributed by atoms with Gasteiger partial charge in [-0.1, -0.05) is 18.2 Å². The standard InChI is InChI=1S/C20H21N5O/c1-15-12-22-23(13-15)14-17-6-4-9-24(17)20(26)19-11-16-5-2-3-7-18(16)25(19)10-8-21/h2-3,5,7,11-13,17H,4,6,9-10,14H2,1H3. The molecule has 1 saturated heterocycles. The monoisotopic (exact) mass is 347 g/mol. The number of carbonyl (C=O) groups is 1. The van der Waals surface area contributed by atoms with Crippen LogP contribution in [-0.4, -0.2) is 37.7 Å². The van der Waals surface area contributed by atoms with Crippen molar-refractivity contribution in [1.29, 1.82) is 5.26 Å². The topological polar surface area (TPSA) is 66.8 Å². The summed E-state index contributed by atoms with van der Waals surface area (Å²) < 4.78 is 3.74. The van der Waals surface area contributed by atoms with Gasteiger partial charge >= 0.3 is 0 Å². The van der Waals surface area contributed by atoms with Gasteiger partial charge in [0.2, 0.25) is 0 Å². The normalized spacial score (nSPS) is 16.9. The summed E-state index contributed by atoms with van der Waals surface area (Å²) >= 11 is 0. The average Bonchev–Trinajstić information content (AvgIpc) is 3.35. The summed E-state index contributed by atoms with van der Waals surface area (Å²) in [5, 5.41) is 14.6. The van der Waals surface area contributed by atoms with Gasteiger partial charge in [0.25, 0.3) is 5.91 Å². The summed E-state index contributed by atoms with van der Waals surface area (Å²) in [5.74, 6) is 0.00262. The zero-order valence-corrected chi connectivity index (χ0v) is 14.8. The molecule has 0 aliphatic carbocycles. The Morgan fingerprint density at radius 3 is 3.00 bits per heavy atom. The van der Waals surface area contributed by atoms with Crippen LogP contribution in [0.3, 0.4) is 0 Å². The molecule has 0 radical (unpaired) electrons. The van der Waals surface area contributed by atoms with Crippen molar-refractivity contribution in [2.45, 2.75) is 38.9 Å². The van der Waals surface area contributed by atoms with E-state index in [0.717, 1.165) is 35.9 Å². The van der Waals surface area contributed by atoms with Crippen molar-refractivity contribution in [3.63, 3.8) is 0 Å². The first-order valence-electron chi connectivity index (χ1n) is 8.92. The molecule has 26 heavy (non-hydrogen) atoms. The number of nitrogens with zero attached hydrogens (tertiary/aromatic N) is 5. The van der Waals surface area contributed by atoms with Crippen LogP contribution in [0.5, 0.6) is 0 Å². The molecule has 1 atom stereocenters. The molecule has 4 rings (SSSR count). The van der Waals surface area contributed by atoms with Crippen molar-refractivity contribution < 1.29 is 4.79 Å². The van der Waals surface area contributed by atoms with Crippen molar-refractivity contribution in [3.05, 3.63) is 54.0 Å². The molecule has 1 aliphatic rings. The zero-order valence-electron chi connectivity index (χ0n) is 14.8. The number of likely N-dealkylation sites (tertiary alicyclic amines) is 1. The highest BCUT2D eigenvalue weighted by Gasteiger charge is 2.31. The summed E-state index contributed by atoms with van der Waals surface area (Å²) in [7, 11) is 0. The molecule has 0 N–H and O–H groups in total. The van der Waals surface area contributed by atoms with Gasteiger partial charge in [0, 0.05) is 23.6 Å². The third kappa shape index (κ3) is 2.86. The van der Waals surface area contributed by atoms with E-state index in [1.54, 1.807) is 0 Å². The molecule has 3 aromatic rings. The fraction of sp³-hybridized carbons (Fsp3) is 0.350. The van der Waals surface area contributed by atoms with Gasteiger partial charge in [-0.2, -0.15) is 10.4 Å². The number of carbonyl (C=O) groups excluding carboxylic acids is 1. The number of fused-ring (bicyclic) bond motifs is 1. The Hall–Kier alpha value is -3.07. The third-order valence-corrected chi connectivity index (χ3v) is 5.06. The molecule has 1 aromatic carbocycles. The molecule has 1 amide bonds. The first kappa shape index (κ1) is 16.4. The molecule has 1 fully saturated rings. The maximum Gasteiger partial charge on any atom is 0.270 e. The molecule has 6 heteroatoms. The van der Waals surface area contributed by atoms with Crippen molar-refractivity contribution in [1.82, 2.24) is 19.2 Å². The molecule has 1 unspecified atom stereocenters. The smallest absolute Gasteiger partial charge is 0.270 e. The van der Waals surface area contributed by atoms with Crippen molar-refractivity contribution in [3.8, 4) is 6.07 Å². The van der Waals surface area contributed by atoms with Crippen molar-refractivity contribution >= 4 is 16.8 Å². The van der Waals surface area contributed by atoms with E-state index in [1.807, 2.05) is 63.8 Å². The number of aromatic nitrogens is 3. The average molecular weight is 347 g/mol. The van der Waals surface area contributed by atoms with Crippen LogP contribution in [0.1, 0.15) is 28.9 Å². The van der Waals surface area contributed by atoms with E-state index in [2.05, 4.69) is 11.2 Å². The second-order valence-corrected chi connectivity index (χ2v) is 6.87. The highest BCUT2D eigenvalue weighted by molar-refractivity contribution is 5.99. The maximum atomic E-state index is 13.3. The molecule has 2 aromatic heterocycles. The second kappa shape index (κ2) is 6.68. The Bertz CT molecular complexity index is 993. The Kier molecular flexibility index (Phi) is 4.21. The van der Waals surface area contributed by atoms with Crippen molar-refractivity contribution in [2.75, 3.05) is 6.54 Å². The van der Waals surface area contributed by atoms with E-state index in [4.69, 9.17) is 0 Å². The van der Waals surface area contributed by atoms with Crippen LogP contribution < -0.4 is 0 Å². The number of rotatable bonds is 4. The van der Waals surface area contributed by atoms with Gasteiger partial charge in [0.05, 0.1) is 24.9 Å². The van der Waals surface area contributed by atoms with E-state index in [-0.39, 0.29) is 18.5 Å². The molecular formula is C20H21N5O. The van der Waals surface area contributed by atoms with Gasteiger partial charge in [-0.15, -0.1) is 0 Å². The van der Waals surface area contributed by atoms with Crippen LogP contribution in [0.15, 0.2) is 42.7 Å². The number of para-hydroxylation sites is 1. The lowest BCUT2D eigenvalue weighted by Gasteiger charge is -2.25. The fourth-order valence-electron chi connectivity index (χ4n) is 3.85. The second-order valence-electron chi connectivity index (χ2n) is 6.87. The lowest BCUT2D eigenvalue weighted by Crippen LogP contribution is -2.39. The van der Waals surface area contributed by atoms with E-state index >= 15 is 0 Å². The number of hydrogen-bond acceptors (Lipinski definition) is 3. The number of benzene rings is 1. The van der Waals surface area contributed by atoms with Crippen LogP contribution in [0.2, 0.25) is 0 Å². The number of hydrogen-bond donors (Lipinski definition) is 0. The van der Waals surface area contributed by atoms with Crippen LogP contribution in [-0.2, 0) is 13.1 Å². The lowest BCUT2D eigenvalue weighted by molar-refractivity contribution is 0.0712. The van der Waals surface area contributed by atoms with Crippen molar-refractivity contribution in [2.24, 2.45) is 0 Å². The molecule has 0 bridgehead atoms. The summed E-state index contributed by atoms with van der Waals surface area (Å²) in [6, 6.07) is 12.0. The Balaban J connectivity index is 1.65. The highest BCUT2D eigenvalue weighted by atomic mass is 16.2. The Morgan fingerprint density at radius 1 is 1.38 bits per heavy atom. The minimum absolute atomic E-state index is 0.00262. The largest absolute Gasteiger partial charge is 0.333 e. The SMILES string of the molecule is Cc1cnn(CC2CCCN2C(=O)c2cc3ccccc3n2CC#N)c1. The minimum atomic E-state index is 0.00262. The zero-order chi connectivity index (χ0) is 18.1. The number of nitriles is 1. The molecule has 0 saturated carbocycles. The quantitative estimate of drug-likeness (QED) is 0.729.